The number of ether oxygens (including phenoxy) is 1. The van der Waals surface area contributed by atoms with Crippen LogP contribution < -0.4 is 14.4 Å². The zero-order valence-electron chi connectivity index (χ0n) is 18.7. The molecule has 2 fully saturated rings. The summed E-state index contributed by atoms with van der Waals surface area (Å²) in [5.74, 6) is -0.474. The lowest BCUT2D eigenvalue weighted by atomic mass is 10.1. The van der Waals surface area contributed by atoms with Crippen molar-refractivity contribution in [3.8, 4) is 5.75 Å². The van der Waals surface area contributed by atoms with Crippen LogP contribution in [0.2, 0.25) is 0 Å². The van der Waals surface area contributed by atoms with Crippen LogP contribution in [0.1, 0.15) is 43.2 Å². The molecule has 2 amide bonds. The zero-order chi connectivity index (χ0) is 23.4. The molecule has 0 bridgehead atoms. The van der Waals surface area contributed by atoms with Gasteiger partial charge < -0.3 is 4.74 Å². The van der Waals surface area contributed by atoms with E-state index in [-0.39, 0.29) is 47.5 Å². The Morgan fingerprint density at radius 1 is 0.909 bits per heavy atom. The van der Waals surface area contributed by atoms with Gasteiger partial charge in [-0.05, 0) is 55.3 Å². The van der Waals surface area contributed by atoms with E-state index in [1.165, 1.54) is 50.1 Å². The molecule has 0 saturated carbocycles. The SMILES string of the molecule is COc1ccc(S(=O)(=O)NCc2ccc(CN3CCCCC3)cc2)cc1N1C(=O)CCC1=O. The fraction of sp³-hybridized carbons (Fsp3) is 0.417. The molecule has 2 aliphatic rings. The molecule has 2 aliphatic heterocycles. The summed E-state index contributed by atoms with van der Waals surface area (Å²) in [4.78, 5) is 27.7. The summed E-state index contributed by atoms with van der Waals surface area (Å²) in [5.41, 5.74) is 2.21. The first-order chi connectivity index (χ1) is 15.9. The number of piperidine rings is 1. The van der Waals surface area contributed by atoms with Gasteiger partial charge in [0.15, 0.2) is 0 Å². The van der Waals surface area contributed by atoms with E-state index in [9.17, 15) is 18.0 Å². The molecule has 2 saturated heterocycles. The van der Waals surface area contributed by atoms with Crippen molar-refractivity contribution in [1.82, 2.24) is 9.62 Å². The molecule has 176 valence electrons. The van der Waals surface area contributed by atoms with Crippen LogP contribution in [-0.2, 0) is 32.7 Å². The topological polar surface area (TPSA) is 96.0 Å². The van der Waals surface area contributed by atoms with Crippen LogP contribution >= 0.6 is 0 Å². The van der Waals surface area contributed by atoms with Crippen molar-refractivity contribution in [2.24, 2.45) is 0 Å². The molecule has 0 aromatic heterocycles. The molecule has 2 heterocycles. The Hall–Kier alpha value is -2.75. The zero-order valence-corrected chi connectivity index (χ0v) is 19.6. The Morgan fingerprint density at radius 3 is 2.18 bits per heavy atom. The number of methoxy groups -OCH3 is 1. The number of anilines is 1. The van der Waals surface area contributed by atoms with Crippen molar-refractivity contribution in [2.75, 3.05) is 25.1 Å². The smallest absolute Gasteiger partial charge is 0.240 e. The number of sulfonamides is 1. The maximum Gasteiger partial charge on any atom is 0.240 e. The molecule has 2 aromatic rings. The molecule has 33 heavy (non-hydrogen) atoms. The van der Waals surface area contributed by atoms with Crippen molar-refractivity contribution in [3.63, 3.8) is 0 Å². The third-order valence-corrected chi connectivity index (χ3v) is 7.50. The van der Waals surface area contributed by atoms with Gasteiger partial charge in [0.25, 0.3) is 0 Å². The Morgan fingerprint density at radius 2 is 1.55 bits per heavy atom. The quantitative estimate of drug-likeness (QED) is 0.595. The molecule has 0 unspecified atom stereocenters. The highest BCUT2D eigenvalue weighted by Gasteiger charge is 2.33. The van der Waals surface area contributed by atoms with E-state index in [0.29, 0.717) is 0 Å². The number of nitrogens with zero attached hydrogens (tertiary/aromatic N) is 2. The number of hydrogen-bond donors (Lipinski definition) is 1. The van der Waals surface area contributed by atoms with Gasteiger partial charge in [0.1, 0.15) is 5.75 Å². The fourth-order valence-corrected chi connectivity index (χ4v) is 5.29. The van der Waals surface area contributed by atoms with Gasteiger partial charge in [-0.15, -0.1) is 0 Å². The molecule has 1 N–H and O–H groups in total. The van der Waals surface area contributed by atoms with E-state index < -0.39 is 10.0 Å². The Labute approximate surface area is 194 Å². The van der Waals surface area contributed by atoms with E-state index in [0.717, 1.165) is 30.1 Å². The maximum absolute atomic E-state index is 12.9. The van der Waals surface area contributed by atoms with Gasteiger partial charge in [-0.1, -0.05) is 30.7 Å². The number of carbonyl (C=O) groups excluding carboxylic acids is 2. The Kier molecular flexibility index (Phi) is 7.11. The average molecular weight is 472 g/mol. The summed E-state index contributed by atoms with van der Waals surface area (Å²) >= 11 is 0. The van der Waals surface area contributed by atoms with Crippen LogP contribution in [-0.4, -0.2) is 45.3 Å². The van der Waals surface area contributed by atoms with Crippen LogP contribution in [0.4, 0.5) is 5.69 Å². The summed E-state index contributed by atoms with van der Waals surface area (Å²) in [6.45, 7) is 3.30. The van der Waals surface area contributed by atoms with Crippen LogP contribution in [0.25, 0.3) is 0 Å². The monoisotopic (exact) mass is 471 g/mol. The standard InChI is InChI=1S/C24H29N3O5S/c1-32-22-10-9-20(15-21(22)27-23(28)11-12-24(27)29)33(30,31)25-16-18-5-7-19(8-6-18)17-26-13-3-2-4-14-26/h5-10,15,25H,2-4,11-14,16-17H2,1H3. The van der Waals surface area contributed by atoms with Gasteiger partial charge in [-0.25, -0.2) is 18.0 Å². The number of rotatable bonds is 8. The predicted molar refractivity (Wildman–Crippen MR) is 124 cm³/mol. The second-order valence-corrected chi connectivity index (χ2v) is 10.2. The van der Waals surface area contributed by atoms with E-state index in [1.54, 1.807) is 0 Å². The summed E-state index contributed by atoms with van der Waals surface area (Å²) in [7, 11) is -2.46. The van der Waals surface area contributed by atoms with E-state index in [2.05, 4.69) is 9.62 Å². The number of hydrogen-bond acceptors (Lipinski definition) is 6. The van der Waals surface area contributed by atoms with Gasteiger partial charge in [0, 0.05) is 25.9 Å². The van der Waals surface area contributed by atoms with Crippen LogP contribution in [0, 0.1) is 0 Å². The highest BCUT2D eigenvalue weighted by molar-refractivity contribution is 7.89. The first kappa shape index (κ1) is 23.4. The minimum Gasteiger partial charge on any atom is -0.495 e. The largest absolute Gasteiger partial charge is 0.495 e. The Bertz CT molecular complexity index is 1110. The van der Waals surface area contributed by atoms with Crippen LogP contribution in [0.5, 0.6) is 5.75 Å². The van der Waals surface area contributed by atoms with Crippen molar-refractivity contribution >= 4 is 27.5 Å². The summed E-state index contributed by atoms with van der Waals surface area (Å²) < 4.78 is 33.7. The minimum atomic E-state index is -3.87. The summed E-state index contributed by atoms with van der Waals surface area (Å²) in [6, 6.07) is 12.1. The molecular formula is C24H29N3O5S. The van der Waals surface area contributed by atoms with Gasteiger partial charge in [0.05, 0.1) is 17.7 Å². The molecule has 4 rings (SSSR count). The lowest BCUT2D eigenvalue weighted by molar-refractivity contribution is -0.121. The number of likely N-dealkylation sites (tertiary alicyclic amines) is 1. The molecule has 2 aromatic carbocycles. The summed E-state index contributed by atoms with van der Waals surface area (Å²) in [5, 5.41) is 0. The van der Waals surface area contributed by atoms with Crippen molar-refractivity contribution in [1.29, 1.82) is 0 Å². The number of carbonyl (C=O) groups is 2. The van der Waals surface area contributed by atoms with Crippen molar-refractivity contribution in [3.05, 3.63) is 53.6 Å². The molecule has 0 radical (unpaired) electrons. The van der Waals surface area contributed by atoms with Crippen LogP contribution in [0.3, 0.4) is 0 Å². The number of amides is 2. The van der Waals surface area contributed by atoms with Gasteiger partial charge >= 0.3 is 0 Å². The summed E-state index contributed by atoms with van der Waals surface area (Å²) in [6.07, 6.45) is 3.99. The first-order valence-electron chi connectivity index (χ1n) is 11.2. The Balaban J connectivity index is 1.45. The molecule has 9 heteroatoms. The first-order valence-corrected chi connectivity index (χ1v) is 12.7. The highest BCUT2D eigenvalue weighted by Crippen LogP contribution is 2.34. The fourth-order valence-electron chi connectivity index (χ4n) is 4.26. The van der Waals surface area contributed by atoms with Crippen molar-refractivity contribution < 1.29 is 22.7 Å². The number of nitrogens with one attached hydrogen (secondary N) is 1. The number of imide groups is 1. The van der Waals surface area contributed by atoms with E-state index in [1.807, 2.05) is 24.3 Å². The van der Waals surface area contributed by atoms with Gasteiger partial charge in [-0.2, -0.15) is 0 Å². The van der Waals surface area contributed by atoms with E-state index in [4.69, 9.17) is 4.74 Å². The van der Waals surface area contributed by atoms with Gasteiger partial charge in [-0.3, -0.25) is 14.5 Å². The highest BCUT2D eigenvalue weighted by atomic mass is 32.2. The molecule has 0 spiro atoms. The molecular weight excluding hydrogens is 442 g/mol. The van der Waals surface area contributed by atoms with E-state index >= 15 is 0 Å². The molecule has 8 nitrogen and oxygen atoms in total. The van der Waals surface area contributed by atoms with Gasteiger partial charge in [0.2, 0.25) is 21.8 Å². The second-order valence-electron chi connectivity index (χ2n) is 8.43. The van der Waals surface area contributed by atoms with Crippen molar-refractivity contribution in [2.45, 2.75) is 50.1 Å². The normalized spacial score (nSPS) is 17.5. The lowest BCUT2D eigenvalue weighted by Crippen LogP contribution is -2.30. The van der Waals surface area contributed by atoms with Crippen LogP contribution in [0.15, 0.2) is 47.4 Å². The lowest BCUT2D eigenvalue weighted by Gasteiger charge is -2.26. The average Bonchev–Trinajstić information content (AvgIpc) is 3.16. The maximum atomic E-state index is 12.9. The molecule has 0 aliphatic carbocycles. The third kappa shape index (κ3) is 5.43. The number of benzene rings is 2. The third-order valence-electron chi connectivity index (χ3n) is 6.10. The predicted octanol–water partition coefficient (Wildman–Crippen LogP) is 2.81. The molecule has 0 atom stereocenters. The second kappa shape index (κ2) is 10.0. The minimum absolute atomic E-state index is 0.0347.